The molecule has 1 unspecified atom stereocenters. The predicted octanol–water partition coefficient (Wildman–Crippen LogP) is 5.11. The molecule has 0 fully saturated rings. The zero-order chi connectivity index (χ0) is 30.7. The Morgan fingerprint density at radius 1 is 1.07 bits per heavy atom. The number of methoxy groups -OCH3 is 1. The summed E-state index contributed by atoms with van der Waals surface area (Å²) in [5.41, 5.74) is 4.15. The van der Waals surface area contributed by atoms with Crippen LogP contribution in [0.2, 0.25) is 5.02 Å². The molecule has 0 aliphatic carbocycles. The minimum atomic E-state index is -0.674. The highest BCUT2D eigenvalue weighted by Crippen LogP contribution is 2.32. The van der Waals surface area contributed by atoms with E-state index in [0.717, 1.165) is 22.4 Å². The van der Waals surface area contributed by atoms with Gasteiger partial charge in [0.2, 0.25) is 0 Å². The average Bonchev–Trinajstić information content (AvgIpc) is 3.30. The Morgan fingerprint density at radius 2 is 1.79 bits per heavy atom. The van der Waals surface area contributed by atoms with Crippen LogP contribution in [0.25, 0.3) is 6.08 Å². The second kappa shape index (κ2) is 12.9. The van der Waals surface area contributed by atoms with E-state index in [1.807, 2.05) is 85.7 Å². The topological polar surface area (TPSA) is 82.4 Å². The van der Waals surface area contributed by atoms with Gasteiger partial charge in [-0.3, -0.25) is 9.36 Å². The number of esters is 1. The molecule has 4 aromatic rings. The van der Waals surface area contributed by atoms with Gasteiger partial charge in [-0.05, 0) is 73.0 Å². The lowest BCUT2D eigenvalue weighted by Crippen LogP contribution is -2.39. The summed E-state index contributed by atoms with van der Waals surface area (Å²) in [5, 5.41) is 0.664. The zero-order valence-electron chi connectivity index (χ0n) is 24.6. The second-order valence-corrected chi connectivity index (χ2v) is 11.6. The summed E-state index contributed by atoms with van der Waals surface area (Å²) in [6.45, 7) is 4.10. The number of hydrogen-bond donors (Lipinski definition) is 0. The van der Waals surface area contributed by atoms with Gasteiger partial charge in [0.25, 0.3) is 5.56 Å². The molecule has 8 nitrogen and oxygen atoms in total. The molecule has 43 heavy (non-hydrogen) atoms. The van der Waals surface area contributed by atoms with Crippen molar-refractivity contribution >= 4 is 40.7 Å². The molecule has 0 saturated carbocycles. The van der Waals surface area contributed by atoms with Gasteiger partial charge in [-0.1, -0.05) is 53.3 Å². The smallest absolute Gasteiger partial charge is 0.338 e. The highest BCUT2D eigenvalue weighted by molar-refractivity contribution is 7.07. The molecule has 1 atom stereocenters. The number of nitrogens with zero attached hydrogens (tertiary/aromatic N) is 3. The summed E-state index contributed by atoms with van der Waals surface area (Å²) in [6, 6.07) is 20.1. The lowest BCUT2D eigenvalue weighted by Gasteiger charge is -2.25. The van der Waals surface area contributed by atoms with Crippen LogP contribution in [0.4, 0.5) is 5.69 Å². The highest BCUT2D eigenvalue weighted by atomic mass is 35.5. The van der Waals surface area contributed by atoms with Crippen LogP contribution in [0, 0.1) is 0 Å². The first-order valence-corrected chi connectivity index (χ1v) is 14.9. The van der Waals surface area contributed by atoms with Crippen LogP contribution < -0.4 is 29.3 Å². The first-order chi connectivity index (χ1) is 20.7. The van der Waals surface area contributed by atoms with E-state index in [9.17, 15) is 9.59 Å². The molecule has 0 amide bonds. The number of aromatic nitrogens is 1. The number of halogens is 1. The average molecular weight is 618 g/mol. The molecule has 1 aliphatic rings. The summed E-state index contributed by atoms with van der Waals surface area (Å²) in [7, 11) is 5.49. The lowest BCUT2D eigenvalue weighted by atomic mass is 9.95. The summed E-state index contributed by atoms with van der Waals surface area (Å²) in [4.78, 5) is 34.3. The summed E-state index contributed by atoms with van der Waals surface area (Å²) in [6.07, 6.45) is 1.80. The van der Waals surface area contributed by atoms with E-state index in [-0.39, 0.29) is 12.2 Å². The summed E-state index contributed by atoms with van der Waals surface area (Å²) >= 11 is 7.25. The van der Waals surface area contributed by atoms with Gasteiger partial charge in [0.1, 0.15) is 6.61 Å². The van der Waals surface area contributed by atoms with Gasteiger partial charge in [-0.2, -0.15) is 0 Å². The molecule has 0 N–H and O–H groups in total. The molecule has 0 saturated heterocycles. The minimum absolute atomic E-state index is 0.216. The van der Waals surface area contributed by atoms with Gasteiger partial charge in [-0.15, -0.1) is 0 Å². The van der Waals surface area contributed by atoms with E-state index in [2.05, 4.69) is 4.99 Å². The van der Waals surface area contributed by atoms with E-state index in [0.29, 0.717) is 43.7 Å². The molecule has 1 aliphatic heterocycles. The normalized spacial score (nSPS) is 14.7. The summed E-state index contributed by atoms with van der Waals surface area (Å²) < 4.78 is 19.0. The fourth-order valence-corrected chi connectivity index (χ4v) is 6.02. The van der Waals surface area contributed by atoms with Crippen LogP contribution in [0.3, 0.4) is 0 Å². The SMILES string of the molecule is CCOC(=O)C1=C(C)N=c2s/c(=C/c3ccc(OCc4ccc(Cl)cc4)c(OC)c3)c(=O)n2C1c1ccc(N(C)C)cc1. The van der Waals surface area contributed by atoms with Crippen molar-refractivity contribution in [1.29, 1.82) is 0 Å². The van der Waals surface area contributed by atoms with Gasteiger partial charge in [0.15, 0.2) is 16.3 Å². The van der Waals surface area contributed by atoms with Crippen LogP contribution in [0.5, 0.6) is 11.5 Å². The van der Waals surface area contributed by atoms with Crippen LogP contribution in [0.1, 0.15) is 36.6 Å². The number of rotatable bonds is 9. The maximum Gasteiger partial charge on any atom is 0.338 e. The number of fused-ring (bicyclic) bond motifs is 1. The third-order valence-corrected chi connectivity index (χ3v) is 8.27. The third-order valence-electron chi connectivity index (χ3n) is 7.04. The third kappa shape index (κ3) is 6.38. The molecule has 0 radical (unpaired) electrons. The zero-order valence-corrected chi connectivity index (χ0v) is 26.2. The lowest BCUT2D eigenvalue weighted by molar-refractivity contribution is -0.139. The van der Waals surface area contributed by atoms with Crippen molar-refractivity contribution in [3.05, 3.63) is 119 Å². The first-order valence-electron chi connectivity index (χ1n) is 13.7. The van der Waals surface area contributed by atoms with Crippen molar-refractivity contribution in [3.63, 3.8) is 0 Å². The number of thiazole rings is 1. The van der Waals surface area contributed by atoms with Gasteiger partial charge in [0.05, 0.1) is 35.6 Å². The Morgan fingerprint density at radius 3 is 2.44 bits per heavy atom. The van der Waals surface area contributed by atoms with Crippen molar-refractivity contribution in [1.82, 2.24) is 4.57 Å². The molecule has 5 rings (SSSR count). The molecule has 0 spiro atoms. The molecule has 222 valence electrons. The van der Waals surface area contributed by atoms with Crippen molar-refractivity contribution in [2.45, 2.75) is 26.5 Å². The van der Waals surface area contributed by atoms with E-state index in [4.69, 9.17) is 25.8 Å². The fourth-order valence-electron chi connectivity index (χ4n) is 4.85. The van der Waals surface area contributed by atoms with Crippen molar-refractivity contribution in [2.75, 3.05) is 32.7 Å². The maximum absolute atomic E-state index is 13.9. The maximum atomic E-state index is 13.9. The molecular weight excluding hydrogens is 586 g/mol. The minimum Gasteiger partial charge on any atom is -0.493 e. The number of carbonyl (C=O) groups is 1. The Kier molecular flexibility index (Phi) is 9.03. The molecule has 1 aromatic heterocycles. The van der Waals surface area contributed by atoms with Gasteiger partial charge in [-0.25, -0.2) is 9.79 Å². The monoisotopic (exact) mass is 617 g/mol. The van der Waals surface area contributed by atoms with E-state index in [1.54, 1.807) is 31.6 Å². The van der Waals surface area contributed by atoms with Crippen LogP contribution >= 0.6 is 22.9 Å². The van der Waals surface area contributed by atoms with Crippen LogP contribution in [0.15, 0.2) is 87.8 Å². The van der Waals surface area contributed by atoms with Gasteiger partial charge in [0, 0.05) is 24.8 Å². The highest BCUT2D eigenvalue weighted by Gasteiger charge is 2.33. The summed E-state index contributed by atoms with van der Waals surface area (Å²) in [5.74, 6) is 0.625. The molecular formula is C33H32ClN3O5S. The number of ether oxygens (including phenoxy) is 3. The molecule has 10 heteroatoms. The van der Waals surface area contributed by atoms with E-state index in [1.165, 1.54) is 11.3 Å². The Balaban J connectivity index is 1.54. The predicted molar refractivity (Wildman–Crippen MR) is 170 cm³/mol. The number of allylic oxidation sites excluding steroid dienone is 1. The second-order valence-electron chi connectivity index (χ2n) is 10.1. The quantitative estimate of drug-likeness (QED) is 0.243. The standard InChI is InChI=1S/C33H32ClN3O5S/c1-6-41-32(39)29-20(2)35-33-37(30(29)23-10-14-25(15-11-23)36(3)4)31(38)28(43-33)18-22-9-16-26(27(17-22)40-5)42-19-21-7-12-24(34)13-8-21/h7-18,30H,6,19H2,1-5H3/b28-18+. The molecule has 2 heterocycles. The first kappa shape index (κ1) is 30.1. The van der Waals surface area contributed by atoms with E-state index >= 15 is 0 Å². The van der Waals surface area contributed by atoms with Gasteiger partial charge < -0.3 is 19.1 Å². The number of benzene rings is 3. The Bertz CT molecular complexity index is 1860. The largest absolute Gasteiger partial charge is 0.493 e. The number of carbonyl (C=O) groups excluding carboxylic acids is 1. The Hall–Kier alpha value is -4.34. The fraction of sp³-hybridized carbons (Fsp3) is 0.242. The van der Waals surface area contributed by atoms with Crippen LogP contribution in [-0.4, -0.2) is 38.3 Å². The number of anilines is 1. The van der Waals surface area contributed by atoms with E-state index < -0.39 is 12.0 Å². The van der Waals surface area contributed by atoms with Gasteiger partial charge >= 0.3 is 5.97 Å². The van der Waals surface area contributed by atoms with Crippen LogP contribution in [-0.2, 0) is 16.1 Å². The Labute approximate surface area is 258 Å². The molecule has 3 aromatic carbocycles. The van der Waals surface area contributed by atoms with Crippen molar-refractivity contribution < 1.29 is 19.0 Å². The number of hydrogen-bond acceptors (Lipinski definition) is 8. The molecule has 0 bridgehead atoms. The van der Waals surface area contributed by atoms with Crippen molar-refractivity contribution in [3.8, 4) is 11.5 Å². The van der Waals surface area contributed by atoms with Crippen molar-refractivity contribution in [2.24, 2.45) is 4.99 Å².